The van der Waals surface area contributed by atoms with Crippen molar-refractivity contribution in [2.75, 3.05) is 18.4 Å². The molecule has 0 spiro atoms. The zero-order valence-electron chi connectivity index (χ0n) is 14.6. The summed E-state index contributed by atoms with van der Waals surface area (Å²) in [7, 11) is 0. The third kappa shape index (κ3) is 3.51. The predicted octanol–water partition coefficient (Wildman–Crippen LogP) is 1.89. The van der Waals surface area contributed by atoms with E-state index in [1.165, 1.54) is 17.8 Å². The van der Waals surface area contributed by atoms with Gasteiger partial charge in [-0.2, -0.15) is 0 Å². The summed E-state index contributed by atoms with van der Waals surface area (Å²) in [6.45, 7) is 0.920. The number of pyridine rings is 1. The van der Waals surface area contributed by atoms with E-state index in [1.54, 1.807) is 18.3 Å². The molecular formula is C18H19FN6OS. The number of nitrogens with one attached hydrogen (secondary N) is 1. The van der Waals surface area contributed by atoms with Crippen LogP contribution >= 0.6 is 11.8 Å². The molecule has 1 amide bonds. The number of nitrogens with two attached hydrogens (primary N) is 1. The summed E-state index contributed by atoms with van der Waals surface area (Å²) in [4.78, 5) is 19.8. The molecule has 4 rings (SSSR count). The van der Waals surface area contributed by atoms with Gasteiger partial charge in [0.2, 0.25) is 5.91 Å². The molecule has 9 heteroatoms. The van der Waals surface area contributed by atoms with Crippen molar-refractivity contribution in [3.05, 3.63) is 47.7 Å². The number of halogens is 1. The minimum absolute atomic E-state index is 0.263. The number of amides is 1. The van der Waals surface area contributed by atoms with E-state index < -0.39 is 0 Å². The number of rotatable bonds is 6. The van der Waals surface area contributed by atoms with Gasteiger partial charge in [-0.1, -0.05) is 18.2 Å². The summed E-state index contributed by atoms with van der Waals surface area (Å²) >= 11 is 1.31. The van der Waals surface area contributed by atoms with Gasteiger partial charge in [0.05, 0.1) is 12.2 Å². The van der Waals surface area contributed by atoms with Gasteiger partial charge < -0.3 is 11.1 Å². The fourth-order valence-corrected chi connectivity index (χ4v) is 4.26. The Labute approximate surface area is 160 Å². The fourth-order valence-electron chi connectivity index (χ4n) is 3.34. The van der Waals surface area contributed by atoms with Crippen molar-refractivity contribution in [1.82, 2.24) is 15.2 Å². The second-order valence-electron chi connectivity index (χ2n) is 6.78. The van der Waals surface area contributed by atoms with Crippen LogP contribution in [-0.4, -0.2) is 44.5 Å². The van der Waals surface area contributed by atoms with Crippen molar-refractivity contribution in [2.24, 2.45) is 10.7 Å². The Morgan fingerprint density at radius 1 is 1.33 bits per heavy atom. The maximum Gasteiger partial charge on any atom is 0.232 e. The Morgan fingerprint density at radius 2 is 2.19 bits per heavy atom. The summed E-state index contributed by atoms with van der Waals surface area (Å²) in [6, 6.07) is 6.68. The van der Waals surface area contributed by atoms with Crippen LogP contribution in [0.4, 0.5) is 10.2 Å². The second kappa shape index (κ2) is 7.22. The molecular weight excluding hydrogens is 367 g/mol. The van der Waals surface area contributed by atoms with Crippen molar-refractivity contribution in [3.63, 3.8) is 0 Å². The molecule has 0 radical (unpaired) electrons. The number of carbonyl (C=O) groups excluding carboxylic acids is 1. The molecule has 1 atom stereocenters. The molecule has 0 bridgehead atoms. The molecule has 1 aliphatic heterocycles. The summed E-state index contributed by atoms with van der Waals surface area (Å²) in [5, 5.41) is 12.0. The molecule has 1 unspecified atom stereocenters. The smallest absolute Gasteiger partial charge is 0.232 e. The summed E-state index contributed by atoms with van der Waals surface area (Å²) < 4.78 is 14.2. The van der Waals surface area contributed by atoms with Crippen LogP contribution in [0.1, 0.15) is 30.7 Å². The van der Waals surface area contributed by atoms with E-state index in [-0.39, 0.29) is 22.4 Å². The van der Waals surface area contributed by atoms with Crippen molar-refractivity contribution in [3.8, 4) is 0 Å². The Balaban J connectivity index is 1.42. The lowest BCUT2D eigenvalue weighted by molar-refractivity contribution is -0.117. The molecule has 0 saturated heterocycles. The third-order valence-electron chi connectivity index (χ3n) is 5.03. The van der Waals surface area contributed by atoms with Crippen LogP contribution in [0, 0.1) is 5.82 Å². The van der Waals surface area contributed by atoms with Gasteiger partial charge in [-0.3, -0.25) is 14.8 Å². The summed E-state index contributed by atoms with van der Waals surface area (Å²) in [6.07, 6.45) is 4.47. The predicted molar refractivity (Wildman–Crippen MR) is 102 cm³/mol. The number of hydrogen-bond donors (Lipinski definition) is 2. The number of thioether (sulfide) groups is 1. The standard InChI is InChI=1S/C18H19FN6OS/c19-11-3-1-8-21-15(11)18(6-2-7-18)10-23-14-5-4-12(24-25-14)17-22-9-13(27-17)16(20)26/h1,3-5,8,13H,2,6-7,9-10H2,(H2,20,26)(H,23,25). The van der Waals surface area contributed by atoms with Gasteiger partial charge in [-0.15, -0.1) is 10.2 Å². The van der Waals surface area contributed by atoms with Crippen LogP contribution in [0.25, 0.3) is 0 Å². The number of primary amides is 1. The number of nitrogens with zero attached hydrogens (tertiary/aromatic N) is 4. The number of aromatic nitrogens is 3. The highest BCUT2D eigenvalue weighted by Crippen LogP contribution is 2.43. The first-order chi connectivity index (χ1) is 13.1. The largest absolute Gasteiger partial charge is 0.369 e. The average molecular weight is 386 g/mol. The Morgan fingerprint density at radius 3 is 2.78 bits per heavy atom. The molecule has 2 aliphatic rings. The molecule has 2 aromatic heterocycles. The maximum absolute atomic E-state index is 14.2. The first-order valence-corrected chi connectivity index (χ1v) is 9.65. The van der Waals surface area contributed by atoms with E-state index in [9.17, 15) is 9.18 Å². The average Bonchev–Trinajstić information content (AvgIpc) is 3.13. The summed E-state index contributed by atoms with van der Waals surface area (Å²) in [5.41, 5.74) is 6.14. The zero-order valence-corrected chi connectivity index (χ0v) is 15.4. The monoisotopic (exact) mass is 386 g/mol. The highest BCUT2D eigenvalue weighted by molar-refractivity contribution is 8.15. The highest BCUT2D eigenvalue weighted by atomic mass is 32.2. The number of hydrogen-bond acceptors (Lipinski definition) is 7. The van der Waals surface area contributed by atoms with Crippen LogP contribution in [-0.2, 0) is 10.2 Å². The molecule has 1 fully saturated rings. The van der Waals surface area contributed by atoms with Crippen LogP contribution in [0.15, 0.2) is 35.5 Å². The van der Waals surface area contributed by atoms with Gasteiger partial charge in [-0.25, -0.2) is 4.39 Å². The molecule has 2 aromatic rings. The Kier molecular flexibility index (Phi) is 4.77. The number of carbonyl (C=O) groups is 1. The molecule has 1 saturated carbocycles. The minimum atomic E-state index is -0.377. The lowest BCUT2D eigenvalue weighted by Crippen LogP contribution is -2.42. The van der Waals surface area contributed by atoms with Crippen LogP contribution < -0.4 is 11.1 Å². The Bertz CT molecular complexity index is 884. The zero-order chi connectivity index (χ0) is 18.9. The van der Waals surface area contributed by atoms with Gasteiger partial charge in [0.1, 0.15) is 27.6 Å². The van der Waals surface area contributed by atoms with Crippen LogP contribution in [0.5, 0.6) is 0 Å². The molecule has 0 aromatic carbocycles. The normalized spacial score (nSPS) is 20.6. The van der Waals surface area contributed by atoms with Crippen molar-refractivity contribution in [2.45, 2.75) is 29.9 Å². The lowest BCUT2D eigenvalue weighted by Gasteiger charge is -2.41. The lowest BCUT2D eigenvalue weighted by atomic mass is 9.66. The first-order valence-electron chi connectivity index (χ1n) is 8.77. The van der Waals surface area contributed by atoms with Gasteiger partial charge in [-0.05, 0) is 37.1 Å². The highest BCUT2D eigenvalue weighted by Gasteiger charge is 2.41. The topological polar surface area (TPSA) is 106 Å². The van der Waals surface area contributed by atoms with E-state index in [0.29, 0.717) is 35.3 Å². The van der Waals surface area contributed by atoms with Gasteiger partial charge in [0, 0.05) is 18.2 Å². The molecule has 3 N–H and O–H groups in total. The van der Waals surface area contributed by atoms with Crippen molar-refractivity contribution >= 4 is 28.5 Å². The van der Waals surface area contributed by atoms with Crippen molar-refractivity contribution < 1.29 is 9.18 Å². The minimum Gasteiger partial charge on any atom is -0.369 e. The van der Waals surface area contributed by atoms with E-state index in [2.05, 4.69) is 25.5 Å². The molecule has 1 aliphatic carbocycles. The van der Waals surface area contributed by atoms with E-state index >= 15 is 0 Å². The number of aliphatic imine (C=N–C) groups is 1. The second-order valence-corrected chi connectivity index (χ2v) is 7.97. The quantitative estimate of drug-likeness (QED) is 0.785. The summed E-state index contributed by atoms with van der Waals surface area (Å²) in [5.74, 6) is -0.0327. The van der Waals surface area contributed by atoms with Crippen LogP contribution in [0.3, 0.4) is 0 Å². The first kappa shape index (κ1) is 17.8. The fraction of sp³-hybridized carbons (Fsp3) is 0.389. The molecule has 3 heterocycles. The van der Waals surface area contributed by atoms with Gasteiger partial charge >= 0.3 is 0 Å². The van der Waals surface area contributed by atoms with Crippen molar-refractivity contribution in [1.29, 1.82) is 0 Å². The SMILES string of the molecule is NC(=O)C1CN=C(c2ccc(NCC3(c4ncccc4F)CCC3)nn2)S1. The molecule has 27 heavy (non-hydrogen) atoms. The van der Waals surface area contributed by atoms with E-state index in [0.717, 1.165) is 19.3 Å². The van der Waals surface area contributed by atoms with Crippen LogP contribution in [0.2, 0.25) is 0 Å². The van der Waals surface area contributed by atoms with Gasteiger partial charge in [0.25, 0.3) is 0 Å². The Hall–Kier alpha value is -2.55. The molecule has 140 valence electrons. The van der Waals surface area contributed by atoms with E-state index in [1.807, 2.05) is 6.07 Å². The molecule has 7 nitrogen and oxygen atoms in total. The number of anilines is 1. The van der Waals surface area contributed by atoms with E-state index in [4.69, 9.17) is 5.73 Å². The maximum atomic E-state index is 14.2. The third-order valence-corrected chi connectivity index (χ3v) is 6.26. The van der Waals surface area contributed by atoms with Gasteiger partial charge in [0.15, 0.2) is 0 Å².